The van der Waals surface area contributed by atoms with Gasteiger partial charge in [-0.25, -0.2) is 4.39 Å². The molecule has 1 atom stereocenters. The highest BCUT2D eigenvalue weighted by Crippen LogP contribution is 2.30. The molecule has 2 heterocycles. The van der Waals surface area contributed by atoms with Crippen LogP contribution in [0.4, 0.5) is 15.9 Å². The van der Waals surface area contributed by atoms with Crippen molar-refractivity contribution >= 4 is 23.3 Å². The Hall–Kier alpha value is -3.81. The molecule has 0 bridgehead atoms. The molecule has 31 heavy (non-hydrogen) atoms. The van der Waals surface area contributed by atoms with Crippen molar-refractivity contribution in [1.82, 2.24) is 15.1 Å². The maximum Gasteiger partial charge on any atom is 0.276 e. The van der Waals surface area contributed by atoms with Crippen molar-refractivity contribution in [3.8, 4) is 0 Å². The largest absolute Gasteiger partial charge is 0.362 e. The van der Waals surface area contributed by atoms with E-state index in [1.54, 1.807) is 35.2 Å². The molecule has 7 nitrogen and oxygen atoms in total. The number of aromatic nitrogens is 2. The van der Waals surface area contributed by atoms with Gasteiger partial charge in [0.25, 0.3) is 5.91 Å². The molecule has 0 spiro atoms. The predicted molar refractivity (Wildman–Crippen MR) is 115 cm³/mol. The summed E-state index contributed by atoms with van der Waals surface area (Å²) >= 11 is 0. The minimum atomic E-state index is -0.349. The number of nitrogens with one attached hydrogen (secondary N) is 2. The van der Waals surface area contributed by atoms with Gasteiger partial charge in [-0.05, 0) is 53.9 Å². The highest BCUT2D eigenvalue weighted by Gasteiger charge is 2.24. The summed E-state index contributed by atoms with van der Waals surface area (Å²) < 4.78 is 13.8. The lowest BCUT2D eigenvalue weighted by molar-refractivity contribution is -0.129. The standard InChI is InChI=1S/C23H22FN5O2/c1-15(30)29-12-11-20(19-8-7-17(24)13-16(19)14-29)26-22-10-9-21(27-28-22)23(31)25-18-5-3-2-4-6-18/h2-10,13,20H,11-12,14H2,1H3,(H,25,31)(H,26,28). The van der Waals surface area contributed by atoms with Gasteiger partial charge in [-0.15, -0.1) is 10.2 Å². The topological polar surface area (TPSA) is 87.2 Å². The molecule has 0 fully saturated rings. The fraction of sp³-hybridized carbons (Fsp3) is 0.217. The van der Waals surface area contributed by atoms with Gasteiger partial charge in [-0.2, -0.15) is 0 Å². The third kappa shape index (κ3) is 4.85. The molecule has 1 aliphatic heterocycles. The van der Waals surface area contributed by atoms with E-state index in [0.29, 0.717) is 31.0 Å². The van der Waals surface area contributed by atoms with Crippen LogP contribution in [0, 0.1) is 5.82 Å². The molecule has 0 saturated heterocycles. The first-order chi connectivity index (χ1) is 15.0. The minimum absolute atomic E-state index is 0.0514. The molecule has 1 aliphatic rings. The van der Waals surface area contributed by atoms with Gasteiger partial charge < -0.3 is 15.5 Å². The number of carbonyl (C=O) groups is 2. The van der Waals surface area contributed by atoms with Gasteiger partial charge in [0.15, 0.2) is 5.69 Å². The summed E-state index contributed by atoms with van der Waals surface area (Å²) in [7, 11) is 0. The average Bonchev–Trinajstić information content (AvgIpc) is 2.94. The van der Waals surface area contributed by atoms with E-state index in [2.05, 4.69) is 20.8 Å². The number of hydrogen-bond donors (Lipinski definition) is 2. The van der Waals surface area contributed by atoms with Crippen molar-refractivity contribution in [3.05, 3.63) is 83.3 Å². The number of halogens is 1. The van der Waals surface area contributed by atoms with Gasteiger partial charge in [0.1, 0.15) is 11.6 Å². The Morgan fingerprint density at radius 1 is 1.06 bits per heavy atom. The highest BCUT2D eigenvalue weighted by molar-refractivity contribution is 6.02. The Balaban J connectivity index is 1.50. The Morgan fingerprint density at radius 3 is 2.58 bits per heavy atom. The number of carbonyl (C=O) groups excluding carboxylic acids is 2. The average molecular weight is 419 g/mol. The lowest BCUT2D eigenvalue weighted by atomic mass is 9.99. The molecular formula is C23H22FN5O2. The third-order valence-corrected chi connectivity index (χ3v) is 5.23. The van der Waals surface area contributed by atoms with Gasteiger partial charge in [0, 0.05) is 25.7 Å². The van der Waals surface area contributed by atoms with E-state index in [0.717, 1.165) is 11.1 Å². The number of para-hydroxylation sites is 1. The molecule has 0 aliphatic carbocycles. The summed E-state index contributed by atoms with van der Waals surface area (Å²) in [5.74, 6) is -0.244. The van der Waals surface area contributed by atoms with E-state index in [-0.39, 0.29) is 29.4 Å². The summed E-state index contributed by atoms with van der Waals surface area (Å²) in [5, 5.41) is 14.2. The summed E-state index contributed by atoms with van der Waals surface area (Å²) in [6.45, 7) is 2.41. The quantitative estimate of drug-likeness (QED) is 0.672. The van der Waals surface area contributed by atoms with Gasteiger partial charge in [0.2, 0.25) is 5.91 Å². The Bertz CT molecular complexity index is 1090. The first-order valence-corrected chi connectivity index (χ1v) is 10.00. The Kier molecular flexibility index (Phi) is 5.88. The van der Waals surface area contributed by atoms with Crippen molar-refractivity contribution in [2.75, 3.05) is 17.2 Å². The van der Waals surface area contributed by atoms with Crippen LogP contribution in [0.3, 0.4) is 0 Å². The molecule has 0 radical (unpaired) electrons. The van der Waals surface area contributed by atoms with Crippen LogP contribution in [0.1, 0.15) is 41.0 Å². The van der Waals surface area contributed by atoms with Gasteiger partial charge >= 0.3 is 0 Å². The van der Waals surface area contributed by atoms with E-state index in [1.807, 2.05) is 18.2 Å². The molecule has 2 aromatic carbocycles. The number of hydrogen-bond acceptors (Lipinski definition) is 5. The van der Waals surface area contributed by atoms with Crippen LogP contribution in [-0.4, -0.2) is 33.5 Å². The molecule has 4 rings (SSSR count). The molecule has 1 unspecified atom stereocenters. The van der Waals surface area contributed by atoms with Crippen LogP contribution in [0.15, 0.2) is 60.7 Å². The SMILES string of the molecule is CC(=O)N1CCC(Nc2ccc(C(=O)Nc3ccccc3)nn2)c2ccc(F)cc2C1. The fourth-order valence-corrected chi connectivity index (χ4v) is 3.62. The first kappa shape index (κ1) is 20.5. The van der Waals surface area contributed by atoms with E-state index >= 15 is 0 Å². The molecular weight excluding hydrogens is 397 g/mol. The number of nitrogens with zero attached hydrogens (tertiary/aromatic N) is 3. The number of fused-ring (bicyclic) bond motifs is 1. The second-order valence-corrected chi connectivity index (χ2v) is 7.39. The Morgan fingerprint density at radius 2 is 1.87 bits per heavy atom. The molecule has 1 aromatic heterocycles. The second-order valence-electron chi connectivity index (χ2n) is 7.39. The summed E-state index contributed by atoms with van der Waals surface area (Å²) in [4.78, 5) is 25.9. The van der Waals surface area contributed by atoms with Crippen LogP contribution >= 0.6 is 0 Å². The van der Waals surface area contributed by atoms with Crippen molar-refractivity contribution in [2.24, 2.45) is 0 Å². The Labute approximate surface area is 179 Å². The maximum atomic E-state index is 13.8. The molecule has 2 amide bonds. The van der Waals surface area contributed by atoms with Crippen LogP contribution in [-0.2, 0) is 11.3 Å². The van der Waals surface area contributed by atoms with Crippen LogP contribution in [0.25, 0.3) is 0 Å². The number of benzene rings is 2. The zero-order chi connectivity index (χ0) is 21.8. The summed E-state index contributed by atoms with van der Waals surface area (Å²) in [6.07, 6.45) is 0.635. The normalized spacial score (nSPS) is 15.5. The number of anilines is 2. The zero-order valence-corrected chi connectivity index (χ0v) is 17.0. The minimum Gasteiger partial charge on any atom is -0.362 e. The monoisotopic (exact) mass is 419 g/mol. The lowest BCUT2D eigenvalue weighted by Crippen LogP contribution is -2.28. The van der Waals surface area contributed by atoms with Crippen LogP contribution < -0.4 is 10.6 Å². The van der Waals surface area contributed by atoms with Crippen molar-refractivity contribution in [2.45, 2.75) is 25.9 Å². The van der Waals surface area contributed by atoms with Crippen molar-refractivity contribution < 1.29 is 14.0 Å². The molecule has 158 valence electrons. The van der Waals surface area contributed by atoms with E-state index in [1.165, 1.54) is 19.1 Å². The number of rotatable bonds is 4. The predicted octanol–water partition coefficient (Wildman–Crippen LogP) is 3.77. The van der Waals surface area contributed by atoms with Crippen molar-refractivity contribution in [3.63, 3.8) is 0 Å². The fourth-order valence-electron chi connectivity index (χ4n) is 3.62. The first-order valence-electron chi connectivity index (χ1n) is 10.00. The van der Waals surface area contributed by atoms with Gasteiger partial charge in [0.05, 0.1) is 6.04 Å². The molecule has 2 N–H and O–H groups in total. The van der Waals surface area contributed by atoms with E-state index in [9.17, 15) is 14.0 Å². The smallest absolute Gasteiger partial charge is 0.276 e. The number of amides is 2. The van der Waals surface area contributed by atoms with Crippen LogP contribution in [0.2, 0.25) is 0 Å². The van der Waals surface area contributed by atoms with Gasteiger partial charge in [-0.1, -0.05) is 24.3 Å². The van der Waals surface area contributed by atoms with E-state index < -0.39 is 0 Å². The molecule has 3 aromatic rings. The third-order valence-electron chi connectivity index (χ3n) is 5.23. The van der Waals surface area contributed by atoms with E-state index in [4.69, 9.17) is 0 Å². The molecule has 8 heteroatoms. The van der Waals surface area contributed by atoms with Crippen LogP contribution in [0.5, 0.6) is 0 Å². The zero-order valence-electron chi connectivity index (χ0n) is 17.0. The molecule has 0 saturated carbocycles. The highest BCUT2D eigenvalue weighted by atomic mass is 19.1. The summed E-state index contributed by atoms with van der Waals surface area (Å²) in [6, 6.07) is 16.8. The second kappa shape index (κ2) is 8.91. The van der Waals surface area contributed by atoms with Gasteiger partial charge in [-0.3, -0.25) is 9.59 Å². The lowest BCUT2D eigenvalue weighted by Gasteiger charge is -2.20. The van der Waals surface area contributed by atoms with Crippen molar-refractivity contribution in [1.29, 1.82) is 0 Å². The maximum absolute atomic E-state index is 13.8. The summed E-state index contributed by atoms with van der Waals surface area (Å²) in [5.41, 5.74) is 2.55.